The van der Waals surface area contributed by atoms with Crippen molar-refractivity contribution >= 4 is 29.9 Å². The second kappa shape index (κ2) is 8.93. The molecule has 2 N–H and O–H groups in total. The van der Waals surface area contributed by atoms with Crippen LogP contribution >= 0.6 is 18.0 Å². The van der Waals surface area contributed by atoms with E-state index in [0.717, 1.165) is 5.56 Å². The maximum atomic E-state index is 12.6. The minimum Gasteiger partial charge on any atom is -0.508 e. The molecule has 1 aromatic carbocycles. The average molecular weight is 329 g/mol. The Bertz CT molecular complexity index is 530. The van der Waals surface area contributed by atoms with Crippen LogP contribution in [0.3, 0.4) is 0 Å². The number of phenolic OH excluding ortho intramolecular Hbond substituents is 1. The molecule has 1 rings (SSSR count). The highest BCUT2D eigenvalue weighted by atomic mass is 32.7. The fraction of sp³-hybridized carbons (Fsp3) is 0.357. The van der Waals surface area contributed by atoms with E-state index in [4.69, 9.17) is 4.52 Å². The van der Waals surface area contributed by atoms with Crippen molar-refractivity contribution in [2.75, 3.05) is 18.9 Å². The SMILES string of the molecule is CCOP(=O)(/C=C/c1ccc(O)cc1)SCCNC(C)=O. The van der Waals surface area contributed by atoms with Crippen LogP contribution in [0.2, 0.25) is 0 Å². The Morgan fingerprint density at radius 3 is 2.67 bits per heavy atom. The van der Waals surface area contributed by atoms with Crippen molar-refractivity contribution in [3.05, 3.63) is 35.6 Å². The molecule has 21 heavy (non-hydrogen) atoms. The van der Waals surface area contributed by atoms with Gasteiger partial charge < -0.3 is 14.9 Å². The van der Waals surface area contributed by atoms with E-state index in [0.29, 0.717) is 18.9 Å². The summed E-state index contributed by atoms with van der Waals surface area (Å²) in [4.78, 5) is 10.8. The maximum Gasteiger partial charge on any atom is 0.280 e. The summed E-state index contributed by atoms with van der Waals surface area (Å²) in [6.45, 7) is 1.09. The van der Waals surface area contributed by atoms with E-state index in [1.165, 1.54) is 18.3 Å². The van der Waals surface area contributed by atoms with Crippen molar-refractivity contribution < 1.29 is 19.0 Å². The lowest BCUT2D eigenvalue weighted by Crippen LogP contribution is -2.22. The first-order valence-electron chi connectivity index (χ1n) is 6.57. The molecule has 0 saturated carbocycles. The minimum absolute atomic E-state index is 0.110. The largest absolute Gasteiger partial charge is 0.508 e. The second-order valence-corrected chi connectivity index (χ2v) is 8.79. The van der Waals surface area contributed by atoms with Gasteiger partial charge in [0.2, 0.25) is 5.91 Å². The molecule has 0 aromatic heterocycles. The molecular formula is C14H20NO4PS. The summed E-state index contributed by atoms with van der Waals surface area (Å²) in [6.07, 6.45) is 1.71. The summed E-state index contributed by atoms with van der Waals surface area (Å²) in [5.74, 6) is 2.14. The summed E-state index contributed by atoms with van der Waals surface area (Å²) in [5.41, 5.74) is 0.829. The Morgan fingerprint density at radius 1 is 1.43 bits per heavy atom. The van der Waals surface area contributed by atoms with Gasteiger partial charge in [0.25, 0.3) is 6.57 Å². The molecule has 0 spiro atoms. The van der Waals surface area contributed by atoms with Gasteiger partial charge in [-0.15, -0.1) is 0 Å². The van der Waals surface area contributed by atoms with Gasteiger partial charge in [-0.25, -0.2) is 0 Å². The van der Waals surface area contributed by atoms with Crippen LogP contribution in [0.15, 0.2) is 30.1 Å². The zero-order chi connectivity index (χ0) is 15.7. The Balaban J connectivity index is 2.63. The van der Waals surface area contributed by atoms with Gasteiger partial charge in [0.1, 0.15) is 5.75 Å². The van der Waals surface area contributed by atoms with Crippen LogP contribution in [-0.4, -0.2) is 29.9 Å². The number of rotatable bonds is 8. The number of benzene rings is 1. The quantitative estimate of drug-likeness (QED) is 0.564. The number of hydrogen-bond acceptors (Lipinski definition) is 5. The molecule has 7 heteroatoms. The molecular weight excluding hydrogens is 309 g/mol. The maximum absolute atomic E-state index is 12.6. The third kappa shape index (κ3) is 7.37. The summed E-state index contributed by atoms with van der Waals surface area (Å²) < 4.78 is 17.9. The predicted molar refractivity (Wildman–Crippen MR) is 87.5 cm³/mol. The molecule has 0 aliphatic rings. The van der Waals surface area contributed by atoms with Gasteiger partial charge in [-0.1, -0.05) is 23.5 Å². The molecule has 0 bridgehead atoms. The lowest BCUT2D eigenvalue weighted by Gasteiger charge is -2.13. The fourth-order valence-corrected chi connectivity index (χ4v) is 4.89. The van der Waals surface area contributed by atoms with Crippen LogP contribution in [0.25, 0.3) is 6.08 Å². The Morgan fingerprint density at radius 2 is 2.10 bits per heavy atom. The zero-order valence-corrected chi connectivity index (χ0v) is 13.8. The second-order valence-electron chi connectivity index (χ2n) is 4.18. The highest BCUT2D eigenvalue weighted by molar-refractivity contribution is 8.57. The third-order valence-electron chi connectivity index (χ3n) is 2.40. The van der Waals surface area contributed by atoms with Crippen LogP contribution < -0.4 is 5.32 Å². The number of carbonyl (C=O) groups is 1. The Hall–Kier alpha value is -1.23. The van der Waals surface area contributed by atoms with E-state index in [1.54, 1.807) is 43.1 Å². The molecule has 0 radical (unpaired) electrons. The molecule has 0 aliphatic carbocycles. The monoisotopic (exact) mass is 329 g/mol. The first-order valence-corrected chi connectivity index (χ1v) is 9.85. The number of nitrogens with one attached hydrogen (secondary N) is 1. The summed E-state index contributed by atoms with van der Waals surface area (Å²) >= 11 is 1.20. The van der Waals surface area contributed by atoms with Crippen molar-refractivity contribution in [3.8, 4) is 5.75 Å². The van der Waals surface area contributed by atoms with Gasteiger partial charge in [0.05, 0.1) is 6.61 Å². The first kappa shape index (κ1) is 17.8. The Labute approximate surface area is 129 Å². The highest BCUT2D eigenvalue weighted by Crippen LogP contribution is 2.61. The summed E-state index contributed by atoms with van der Waals surface area (Å²) in [6, 6.07) is 6.58. The lowest BCUT2D eigenvalue weighted by molar-refractivity contribution is -0.118. The summed E-state index contributed by atoms with van der Waals surface area (Å²) in [7, 11) is 0. The minimum atomic E-state index is -2.93. The van der Waals surface area contributed by atoms with Crippen LogP contribution in [-0.2, 0) is 13.9 Å². The molecule has 116 valence electrons. The van der Waals surface area contributed by atoms with Crippen molar-refractivity contribution in [1.82, 2.24) is 5.32 Å². The average Bonchev–Trinajstić information content (AvgIpc) is 2.43. The van der Waals surface area contributed by atoms with Gasteiger partial charge in [-0.05, 0) is 30.7 Å². The number of amides is 1. The van der Waals surface area contributed by atoms with Crippen molar-refractivity contribution in [2.24, 2.45) is 0 Å². The topological polar surface area (TPSA) is 75.6 Å². The van der Waals surface area contributed by atoms with Gasteiger partial charge in [0, 0.05) is 25.0 Å². The van der Waals surface area contributed by atoms with Gasteiger partial charge in [-0.2, -0.15) is 0 Å². The number of hydrogen-bond donors (Lipinski definition) is 2. The third-order valence-corrected chi connectivity index (χ3v) is 6.59. The molecule has 1 unspecified atom stereocenters. The van der Waals surface area contributed by atoms with E-state index < -0.39 is 6.57 Å². The van der Waals surface area contributed by atoms with Crippen molar-refractivity contribution in [2.45, 2.75) is 13.8 Å². The van der Waals surface area contributed by atoms with E-state index in [2.05, 4.69) is 5.32 Å². The standard InChI is InChI=1S/C14H20NO4PS/c1-3-19-20(18,21-11-9-15-12(2)16)10-8-13-4-6-14(17)7-5-13/h4-8,10,17H,3,9,11H2,1-2H3,(H,15,16)/b10-8+. The Kier molecular flexibility index (Phi) is 7.57. The van der Waals surface area contributed by atoms with Crippen LogP contribution in [0.4, 0.5) is 0 Å². The molecule has 1 atom stereocenters. The zero-order valence-electron chi connectivity index (χ0n) is 12.1. The van der Waals surface area contributed by atoms with Crippen molar-refractivity contribution in [3.63, 3.8) is 0 Å². The van der Waals surface area contributed by atoms with Crippen molar-refractivity contribution in [1.29, 1.82) is 0 Å². The molecule has 0 heterocycles. The highest BCUT2D eigenvalue weighted by Gasteiger charge is 2.19. The fourth-order valence-electron chi connectivity index (χ4n) is 1.47. The normalized spacial score (nSPS) is 14.0. The lowest BCUT2D eigenvalue weighted by atomic mass is 10.2. The van der Waals surface area contributed by atoms with Gasteiger partial charge >= 0.3 is 0 Å². The van der Waals surface area contributed by atoms with Crippen LogP contribution in [0.5, 0.6) is 5.75 Å². The molecule has 1 aromatic rings. The number of phenols is 1. The van der Waals surface area contributed by atoms with E-state index in [1.807, 2.05) is 0 Å². The van der Waals surface area contributed by atoms with E-state index >= 15 is 0 Å². The smallest absolute Gasteiger partial charge is 0.280 e. The van der Waals surface area contributed by atoms with E-state index in [-0.39, 0.29) is 11.7 Å². The number of aromatic hydroxyl groups is 1. The van der Waals surface area contributed by atoms with Crippen LogP contribution in [0, 0.1) is 0 Å². The molecule has 5 nitrogen and oxygen atoms in total. The molecule has 0 aliphatic heterocycles. The first-order chi connectivity index (χ1) is 9.95. The molecule has 1 amide bonds. The molecule has 0 saturated heterocycles. The number of carbonyl (C=O) groups excluding carboxylic acids is 1. The molecule has 0 fully saturated rings. The van der Waals surface area contributed by atoms with Gasteiger partial charge in [-0.3, -0.25) is 9.36 Å². The summed E-state index contributed by atoms with van der Waals surface area (Å²) in [5, 5.41) is 11.9. The predicted octanol–water partition coefficient (Wildman–Crippen LogP) is 3.46. The van der Waals surface area contributed by atoms with Crippen LogP contribution in [0.1, 0.15) is 19.4 Å². The van der Waals surface area contributed by atoms with E-state index in [9.17, 15) is 14.5 Å². The van der Waals surface area contributed by atoms with Gasteiger partial charge in [0.15, 0.2) is 0 Å².